The first-order chi connectivity index (χ1) is 15.3. The molecule has 164 valence electrons. The molecule has 2 atom stereocenters. The van der Waals surface area contributed by atoms with Gasteiger partial charge in [-0.25, -0.2) is 0 Å². The lowest BCUT2D eigenvalue weighted by Crippen LogP contribution is -2.30. The Kier molecular flexibility index (Phi) is 5.75. The average Bonchev–Trinajstić information content (AvgIpc) is 3.34. The van der Waals surface area contributed by atoms with Gasteiger partial charge in [-0.1, -0.05) is 47.2 Å². The molecule has 1 saturated heterocycles. The monoisotopic (exact) mass is 451 g/mol. The van der Waals surface area contributed by atoms with Gasteiger partial charge in [0.25, 0.3) is 5.91 Å². The number of anilines is 1. The molecule has 1 amide bonds. The van der Waals surface area contributed by atoms with Gasteiger partial charge in [0.15, 0.2) is 17.3 Å². The van der Waals surface area contributed by atoms with Crippen LogP contribution in [-0.4, -0.2) is 41.9 Å². The van der Waals surface area contributed by atoms with Crippen molar-refractivity contribution in [3.05, 3.63) is 64.2 Å². The van der Waals surface area contributed by atoms with E-state index in [4.69, 9.17) is 9.47 Å². The molecule has 0 N–H and O–H groups in total. The molecule has 32 heavy (non-hydrogen) atoms. The summed E-state index contributed by atoms with van der Waals surface area (Å²) in [5.74, 6) is -2.30. The first kappa shape index (κ1) is 21.6. The number of amides is 1. The van der Waals surface area contributed by atoms with Gasteiger partial charge in [-0.3, -0.25) is 19.3 Å². The molecular formula is C23H21N3O5S. The number of methoxy groups -OCH3 is 2. The minimum Gasteiger partial charge on any atom is -0.493 e. The van der Waals surface area contributed by atoms with Gasteiger partial charge in [-0.2, -0.15) is 0 Å². The molecule has 0 radical (unpaired) electrons. The normalized spacial score (nSPS) is 18.2. The molecule has 1 aliphatic heterocycles. The van der Waals surface area contributed by atoms with Crippen molar-refractivity contribution in [2.45, 2.75) is 19.9 Å². The van der Waals surface area contributed by atoms with Crippen LogP contribution in [0.4, 0.5) is 5.13 Å². The summed E-state index contributed by atoms with van der Waals surface area (Å²) < 4.78 is 10.7. The molecule has 1 aliphatic rings. The highest BCUT2D eigenvalue weighted by molar-refractivity contribution is 7.15. The highest BCUT2D eigenvalue weighted by Crippen LogP contribution is 2.44. The van der Waals surface area contributed by atoms with Crippen molar-refractivity contribution in [3.8, 4) is 11.5 Å². The fourth-order valence-corrected chi connectivity index (χ4v) is 4.52. The maximum atomic E-state index is 13.5. The second-order valence-corrected chi connectivity index (χ2v) is 8.57. The van der Waals surface area contributed by atoms with Gasteiger partial charge in [-0.05, 0) is 31.5 Å². The van der Waals surface area contributed by atoms with Crippen LogP contribution in [0.3, 0.4) is 0 Å². The third-order valence-electron chi connectivity index (χ3n) is 5.40. The Balaban J connectivity index is 1.87. The van der Waals surface area contributed by atoms with E-state index in [0.717, 1.165) is 5.56 Å². The van der Waals surface area contributed by atoms with Crippen molar-refractivity contribution in [2.75, 3.05) is 19.1 Å². The van der Waals surface area contributed by atoms with Crippen molar-refractivity contribution < 1.29 is 23.9 Å². The molecule has 3 aromatic rings. The van der Waals surface area contributed by atoms with Gasteiger partial charge in [0.1, 0.15) is 10.9 Å². The smallest absolute Gasteiger partial charge is 0.297 e. The standard InChI is InChI=1S/C23H21N3O5S/c1-12-5-7-14(8-6-12)20(27)18-19(15-9-10-16(30-3)17(11-15)31-4)26(22(29)21(18)28)23-25-24-13(2)32-23/h5-11,18-19H,1-4H3. The van der Waals surface area contributed by atoms with Crippen LogP contribution < -0.4 is 14.4 Å². The molecular weight excluding hydrogens is 430 g/mol. The number of hydrogen-bond acceptors (Lipinski definition) is 8. The van der Waals surface area contributed by atoms with Crippen LogP contribution in [0.1, 0.15) is 32.5 Å². The molecule has 0 aliphatic carbocycles. The Morgan fingerprint density at radius 1 is 0.969 bits per heavy atom. The summed E-state index contributed by atoms with van der Waals surface area (Å²) in [5.41, 5.74) is 1.90. The van der Waals surface area contributed by atoms with Crippen molar-refractivity contribution >= 4 is 33.9 Å². The number of ketones is 2. The highest BCUT2D eigenvalue weighted by Gasteiger charge is 2.53. The first-order valence-corrected chi connectivity index (χ1v) is 10.7. The van der Waals surface area contributed by atoms with Gasteiger partial charge < -0.3 is 9.47 Å². The van der Waals surface area contributed by atoms with Crippen molar-refractivity contribution in [3.63, 3.8) is 0 Å². The zero-order valence-corrected chi connectivity index (χ0v) is 18.8. The van der Waals surface area contributed by atoms with E-state index in [-0.39, 0.29) is 5.13 Å². The molecule has 1 aromatic heterocycles. The van der Waals surface area contributed by atoms with Crippen LogP contribution in [0, 0.1) is 19.8 Å². The van der Waals surface area contributed by atoms with Gasteiger partial charge in [0.05, 0.1) is 20.3 Å². The molecule has 9 heteroatoms. The number of carbonyl (C=O) groups is 3. The Morgan fingerprint density at radius 2 is 1.66 bits per heavy atom. The lowest BCUT2D eigenvalue weighted by atomic mass is 9.86. The molecule has 2 unspecified atom stereocenters. The Labute approximate surface area is 188 Å². The second-order valence-electron chi connectivity index (χ2n) is 7.41. The number of ether oxygens (including phenoxy) is 2. The van der Waals surface area contributed by atoms with Crippen molar-refractivity contribution in [1.82, 2.24) is 10.2 Å². The van der Waals surface area contributed by atoms with E-state index in [0.29, 0.717) is 27.6 Å². The summed E-state index contributed by atoms with van der Waals surface area (Å²) in [6, 6.07) is 11.1. The lowest BCUT2D eigenvalue weighted by Gasteiger charge is -2.25. The number of aryl methyl sites for hydroxylation is 2. The molecule has 8 nitrogen and oxygen atoms in total. The molecule has 2 aromatic carbocycles. The Hall–Kier alpha value is -3.59. The van der Waals surface area contributed by atoms with E-state index in [1.54, 1.807) is 49.4 Å². The van der Waals surface area contributed by atoms with Gasteiger partial charge in [0, 0.05) is 5.56 Å². The van der Waals surface area contributed by atoms with E-state index in [1.165, 1.54) is 30.5 Å². The van der Waals surface area contributed by atoms with Gasteiger partial charge in [-0.15, -0.1) is 10.2 Å². The summed E-state index contributed by atoms with van der Waals surface area (Å²) in [6.45, 7) is 3.66. The van der Waals surface area contributed by atoms with E-state index in [1.807, 2.05) is 6.92 Å². The van der Waals surface area contributed by atoms with Crippen LogP contribution in [0.25, 0.3) is 0 Å². The average molecular weight is 452 g/mol. The van der Waals surface area contributed by atoms with Crippen LogP contribution in [-0.2, 0) is 9.59 Å². The largest absolute Gasteiger partial charge is 0.493 e. The zero-order valence-electron chi connectivity index (χ0n) is 18.0. The van der Waals surface area contributed by atoms with Crippen molar-refractivity contribution in [2.24, 2.45) is 5.92 Å². The molecule has 0 bridgehead atoms. The minimum absolute atomic E-state index is 0.264. The quantitative estimate of drug-likeness (QED) is 0.322. The van der Waals surface area contributed by atoms with E-state index in [2.05, 4.69) is 10.2 Å². The number of nitrogens with zero attached hydrogens (tertiary/aromatic N) is 3. The lowest BCUT2D eigenvalue weighted by molar-refractivity contribution is -0.135. The van der Waals surface area contributed by atoms with Crippen LogP contribution in [0.15, 0.2) is 42.5 Å². The van der Waals surface area contributed by atoms with Crippen LogP contribution >= 0.6 is 11.3 Å². The van der Waals surface area contributed by atoms with E-state index < -0.39 is 29.4 Å². The number of hydrogen-bond donors (Lipinski definition) is 0. The highest BCUT2D eigenvalue weighted by atomic mass is 32.1. The number of carbonyl (C=O) groups excluding carboxylic acids is 3. The summed E-state index contributed by atoms with van der Waals surface area (Å²) in [6.07, 6.45) is 0. The van der Waals surface area contributed by atoms with Crippen LogP contribution in [0.5, 0.6) is 11.5 Å². The summed E-state index contributed by atoms with van der Waals surface area (Å²) in [4.78, 5) is 40.9. The Morgan fingerprint density at radius 3 is 2.25 bits per heavy atom. The van der Waals surface area contributed by atoms with E-state index in [9.17, 15) is 14.4 Å². The third-order valence-corrected chi connectivity index (χ3v) is 6.23. The predicted octanol–water partition coefficient (Wildman–Crippen LogP) is 3.33. The summed E-state index contributed by atoms with van der Waals surface area (Å²) in [5, 5.41) is 8.95. The topological polar surface area (TPSA) is 98.7 Å². The molecule has 0 spiro atoms. The fourth-order valence-electron chi connectivity index (χ4n) is 3.80. The van der Waals surface area contributed by atoms with Gasteiger partial charge >= 0.3 is 0 Å². The number of aromatic nitrogens is 2. The fraction of sp³-hybridized carbons (Fsp3) is 0.261. The molecule has 4 rings (SSSR count). The molecule has 0 saturated carbocycles. The molecule has 1 fully saturated rings. The summed E-state index contributed by atoms with van der Waals surface area (Å²) in [7, 11) is 3.01. The first-order valence-electron chi connectivity index (χ1n) is 9.86. The van der Waals surface area contributed by atoms with Gasteiger partial charge in [0.2, 0.25) is 10.9 Å². The molecule has 2 heterocycles. The third kappa shape index (κ3) is 3.64. The minimum atomic E-state index is -1.23. The SMILES string of the molecule is COc1ccc(C2C(C(=O)c3ccc(C)cc3)C(=O)C(=O)N2c2nnc(C)s2)cc1OC. The van der Waals surface area contributed by atoms with Crippen LogP contribution in [0.2, 0.25) is 0 Å². The van der Waals surface area contributed by atoms with E-state index >= 15 is 0 Å². The maximum Gasteiger partial charge on any atom is 0.297 e. The van der Waals surface area contributed by atoms with Crippen molar-refractivity contribution in [1.29, 1.82) is 0 Å². The Bertz CT molecular complexity index is 1200. The maximum absolute atomic E-state index is 13.5. The second kappa shape index (κ2) is 8.51. The number of Topliss-reactive ketones (excluding diaryl/α,β-unsaturated/α-hetero) is 2. The predicted molar refractivity (Wildman–Crippen MR) is 118 cm³/mol. The summed E-state index contributed by atoms with van der Waals surface area (Å²) >= 11 is 1.18. The number of benzene rings is 2. The number of rotatable bonds is 6. The zero-order chi connectivity index (χ0) is 23.0.